The van der Waals surface area contributed by atoms with Crippen molar-refractivity contribution in [1.82, 2.24) is 0 Å². The van der Waals surface area contributed by atoms with Gasteiger partial charge in [0.25, 0.3) is 0 Å². The van der Waals surface area contributed by atoms with E-state index in [9.17, 15) is 0 Å². The van der Waals surface area contributed by atoms with Gasteiger partial charge in [-0.05, 0) is 24.8 Å². The standard InChI is InChI=1S/C7H7O/c1-2-6(1)7-3-4-8-5-7/h3-4,6H,1-2H2. The second-order valence-corrected chi connectivity index (χ2v) is 2.25. The van der Waals surface area contributed by atoms with E-state index >= 15 is 0 Å². The lowest BCUT2D eigenvalue weighted by atomic mass is 10.2. The number of hydrogen-bond acceptors (Lipinski definition) is 1. The maximum Gasteiger partial charge on any atom is 0.172 e. The maximum absolute atomic E-state index is 4.79. The van der Waals surface area contributed by atoms with Crippen LogP contribution in [-0.4, -0.2) is 0 Å². The highest BCUT2D eigenvalue weighted by Gasteiger charge is 2.24. The Morgan fingerprint density at radius 1 is 1.62 bits per heavy atom. The lowest BCUT2D eigenvalue weighted by molar-refractivity contribution is 0.554. The van der Waals surface area contributed by atoms with Crippen LogP contribution in [0.1, 0.15) is 24.3 Å². The van der Waals surface area contributed by atoms with Gasteiger partial charge in [-0.3, -0.25) is 0 Å². The zero-order chi connectivity index (χ0) is 5.40. The van der Waals surface area contributed by atoms with Gasteiger partial charge in [0.15, 0.2) is 6.26 Å². The van der Waals surface area contributed by atoms with Crippen molar-refractivity contribution in [3.05, 3.63) is 24.2 Å². The molecule has 2 rings (SSSR count). The van der Waals surface area contributed by atoms with Crippen molar-refractivity contribution >= 4 is 0 Å². The Kier molecular flexibility index (Phi) is 0.720. The fourth-order valence-corrected chi connectivity index (χ4v) is 0.857. The number of furan rings is 1. The molecule has 1 aliphatic carbocycles. The summed E-state index contributed by atoms with van der Waals surface area (Å²) in [6.07, 6.45) is 7.17. The molecule has 0 N–H and O–H groups in total. The van der Waals surface area contributed by atoms with Gasteiger partial charge in [0.05, 0.1) is 6.26 Å². The van der Waals surface area contributed by atoms with E-state index in [-0.39, 0.29) is 0 Å². The molecule has 0 bridgehead atoms. The molecule has 1 radical (unpaired) electrons. The van der Waals surface area contributed by atoms with Crippen LogP contribution in [0.3, 0.4) is 0 Å². The van der Waals surface area contributed by atoms with E-state index < -0.39 is 0 Å². The molecule has 1 saturated carbocycles. The van der Waals surface area contributed by atoms with Crippen LogP contribution in [0.25, 0.3) is 0 Å². The Bertz CT molecular complexity index is 161. The fraction of sp³-hybridized carbons (Fsp3) is 0.429. The Hall–Kier alpha value is -0.720. The average molecular weight is 107 g/mol. The molecule has 0 unspecified atom stereocenters. The minimum atomic E-state index is 0.786. The molecule has 1 heterocycles. The summed E-state index contributed by atoms with van der Waals surface area (Å²) in [4.78, 5) is 0. The van der Waals surface area contributed by atoms with Crippen LogP contribution in [0.5, 0.6) is 0 Å². The minimum absolute atomic E-state index is 0.786. The van der Waals surface area contributed by atoms with Crippen LogP contribution in [0, 0.1) is 6.26 Å². The molecule has 1 heteroatoms. The molecular weight excluding hydrogens is 100 g/mol. The zero-order valence-corrected chi connectivity index (χ0v) is 4.55. The van der Waals surface area contributed by atoms with Crippen LogP contribution in [0.2, 0.25) is 0 Å². The molecule has 1 aromatic heterocycles. The van der Waals surface area contributed by atoms with E-state index in [1.165, 1.54) is 18.4 Å². The Morgan fingerprint density at radius 3 is 3.00 bits per heavy atom. The number of rotatable bonds is 1. The third-order valence-corrected chi connectivity index (χ3v) is 1.51. The van der Waals surface area contributed by atoms with Crippen LogP contribution in [0.4, 0.5) is 0 Å². The highest BCUT2D eigenvalue weighted by Crippen LogP contribution is 2.39. The van der Waals surface area contributed by atoms with Crippen molar-refractivity contribution in [2.24, 2.45) is 0 Å². The zero-order valence-electron chi connectivity index (χ0n) is 4.55. The van der Waals surface area contributed by atoms with E-state index in [0.717, 1.165) is 5.92 Å². The average Bonchev–Trinajstić information content (AvgIpc) is 2.49. The summed E-state index contributed by atoms with van der Waals surface area (Å²) in [6, 6.07) is 2.00. The van der Waals surface area contributed by atoms with Crippen molar-refractivity contribution in [1.29, 1.82) is 0 Å². The third-order valence-electron chi connectivity index (χ3n) is 1.51. The monoisotopic (exact) mass is 107 g/mol. The first-order valence-corrected chi connectivity index (χ1v) is 2.92. The normalized spacial score (nSPS) is 19.0. The third kappa shape index (κ3) is 0.548. The first kappa shape index (κ1) is 4.19. The molecule has 0 atom stereocenters. The van der Waals surface area contributed by atoms with E-state index in [2.05, 4.69) is 6.26 Å². The van der Waals surface area contributed by atoms with Gasteiger partial charge in [-0.1, -0.05) is 0 Å². The molecule has 1 aromatic rings. The summed E-state index contributed by atoms with van der Waals surface area (Å²) < 4.78 is 4.79. The predicted molar refractivity (Wildman–Crippen MR) is 29.5 cm³/mol. The molecule has 0 saturated heterocycles. The van der Waals surface area contributed by atoms with E-state index in [4.69, 9.17) is 4.42 Å². The molecular formula is C7H7O. The summed E-state index contributed by atoms with van der Waals surface area (Å²) in [7, 11) is 0. The SMILES string of the molecule is [c]1occc1C1CC1. The summed E-state index contributed by atoms with van der Waals surface area (Å²) in [5.41, 5.74) is 1.25. The van der Waals surface area contributed by atoms with Gasteiger partial charge in [0.2, 0.25) is 0 Å². The molecule has 41 valence electrons. The minimum Gasteiger partial charge on any atom is -0.461 e. The fourth-order valence-electron chi connectivity index (χ4n) is 0.857. The van der Waals surface area contributed by atoms with Crippen molar-refractivity contribution in [3.63, 3.8) is 0 Å². The van der Waals surface area contributed by atoms with Crippen molar-refractivity contribution in [2.45, 2.75) is 18.8 Å². The van der Waals surface area contributed by atoms with Gasteiger partial charge >= 0.3 is 0 Å². The highest BCUT2D eigenvalue weighted by molar-refractivity contribution is 5.16. The van der Waals surface area contributed by atoms with Gasteiger partial charge in [-0.15, -0.1) is 0 Å². The molecule has 0 amide bonds. The van der Waals surface area contributed by atoms with Gasteiger partial charge in [-0.25, -0.2) is 0 Å². The first-order valence-electron chi connectivity index (χ1n) is 2.92. The molecule has 1 nitrogen and oxygen atoms in total. The Balaban J connectivity index is 2.28. The molecule has 8 heavy (non-hydrogen) atoms. The molecule has 0 aliphatic heterocycles. The lowest BCUT2D eigenvalue weighted by Gasteiger charge is -1.79. The van der Waals surface area contributed by atoms with E-state index in [1.807, 2.05) is 6.07 Å². The maximum atomic E-state index is 4.79. The second-order valence-electron chi connectivity index (χ2n) is 2.25. The largest absolute Gasteiger partial charge is 0.461 e. The highest BCUT2D eigenvalue weighted by atomic mass is 16.3. The van der Waals surface area contributed by atoms with Crippen LogP contribution in [0.15, 0.2) is 16.7 Å². The van der Waals surface area contributed by atoms with Crippen LogP contribution >= 0.6 is 0 Å². The van der Waals surface area contributed by atoms with Crippen LogP contribution < -0.4 is 0 Å². The number of hydrogen-bond donors (Lipinski definition) is 0. The van der Waals surface area contributed by atoms with Crippen molar-refractivity contribution < 1.29 is 4.42 Å². The lowest BCUT2D eigenvalue weighted by Crippen LogP contribution is -1.67. The quantitative estimate of drug-likeness (QED) is 0.534. The molecule has 0 spiro atoms. The van der Waals surface area contributed by atoms with Gasteiger partial charge in [0, 0.05) is 5.56 Å². The van der Waals surface area contributed by atoms with Crippen LogP contribution in [-0.2, 0) is 0 Å². The summed E-state index contributed by atoms with van der Waals surface area (Å²) >= 11 is 0. The summed E-state index contributed by atoms with van der Waals surface area (Å²) in [5.74, 6) is 0.786. The first-order chi connectivity index (χ1) is 3.97. The molecule has 0 aromatic carbocycles. The Morgan fingerprint density at radius 2 is 2.50 bits per heavy atom. The smallest absolute Gasteiger partial charge is 0.172 e. The van der Waals surface area contributed by atoms with E-state index in [1.54, 1.807) is 6.26 Å². The second kappa shape index (κ2) is 1.38. The molecule has 1 aliphatic rings. The Labute approximate surface area is 48.3 Å². The summed E-state index contributed by atoms with van der Waals surface area (Å²) in [5, 5.41) is 0. The molecule has 1 fully saturated rings. The van der Waals surface area contributed by atoms with Gasteiger partial charge in [-0.2, -0.15) is 0 Å². The predicted octanol–water partition coefficient (Wildman–Crippen LogP) is 1.96. The van der Waals surface area contributed by atoms with Gasteiger partial charge < -0.3 is 4.42 Å². The van der Waals surface area contributed by atoms with Gasteiger partial charge in [0.1, 0.15) is 0 Å². The van der Waals surface area contributed by atoms with Crippen molar-refractivity contribution in [2.75, 3.05) is 0 Å². The topological polar surface area (TPSA) is 13.1 Å². The van der Waals surface area contributed by atoms with E-state index in [0.29, 0.717) is 0 Å². The van der Waals surface area contributed by atoms with Crippen molar-refractivity contribution in [3.8, 4) is 0 Å². The summed E-state index contributed by atoms with van der Waals surface area (Å²) in [6.45, 7) is 0.